The standard InChI is InChI=1S/C18H15N3O2/c1-12-2-4-13(5-3-12)11-21-9-8-14-10-15(6-7-16(14)21)17-19-18(22)23-20-17/h2-10H,11H2,1H3,(H,19,20,22). The molecule has 5 nitrogen and oxygen atoms in total. The first kappa shape index (κ1) is 13.6. The van der Waals surface area contributed by atoms with Gasteiger partial charge in [-0.15, -0.1) is 0 Å². The van der Waals surface area contributed by atoms with Crippen LogP contribution < -0.4 is 5.76 Å². The normalized spacial score (nSPS) is 11.2. The van der Waals surface area contributed by atoms with Gasteiger partial charge in [0.05, 0.1) is 0 Å². The van der Waals surface area contributed by atoms with Crippen LogP contribution in [-0.4, -0.2) is 14.7 Å². The van der Waals surface area contributed by atoms with Gasteiger partial charge in [0.2, 0.25) is 0 Å². The molecule has 2 aromatic carbocycles. The molecule has 114 valence electrons. The first-order valence-corrected chi connectivity index (χ1v) is 7.40. The zero-order valence-electron chi connectivity index (χ0n) is 12.6. The minimum absolute atomic E-state index is 0.447. The van der Waals surface area contributed by atoms with E-state index < -0.39 is 5.76 Å². The Hall–Kier alpha value is -3.08. The Labute approximate surface area is 132 Å². The molecule has 1 N–H and O–H groups in total. The van der Waals surface area contributed by atoms with Crippen LogP contribution >= 0.6 is 0 Å². The lowest BCUT2D eigenvalue weighted by molar-refractivity contribution is 0.388. The summed E-state index contributed by atoms with van der Waals surface area (Å²) >= 11 is 0. The average Bonchev–Trinajstić information content (AvgIpc) is 3.16. The Morgan fingerprint density at radius 3 is 2.70 bits per heavy atom. The van der Waals surface area contributed by atoms with E-state index in [0.29, 0.717) is 5.82 Å². The van der Waals surface area contributed by atoms with E-state index in [1.807, 2.05) is 18.2 Å². The average molecular weight is 305 g/mol. The summed E-state index contributed by atoms with van der Waals surface area (Å²) in [5.41, 5.74) is 4.49. The molecule has 0 bridgehead atoms. The molecule has 0 fully saturated rings. The van der Waals surface area contributed by atoms with Crippen LogP contribution in [0.3, 0.4) is 0 Å². The summed E-state index contributed by atoms with van der Waals surface area (Å²) in [6, 6.07) is 16.6. The van der Waals surface area contributed by atoms with Crippen LogP contribution in [0.2, 0.25) is 0 Å². The predicted octanol–water partition coefficient (Wildman–Crippen LogP) is 3.34. The van der Waals surface area contributed by atoms with Gasteiger partial charge >= 0.3 is 5.76 Å². The zero-order valence-corrected chi connectivity index (χ0v) is 12.6. The van der Waals surface area contributed by atoms with Crippen molar-refractivity contribution in [3.8, 4) is 11.4 Å². The topological polar surface area (TPSA) is 63.8 Å². The van der Waals surface area contributed by atoms with Gasteiger partial charge in [-0.25, -0.2) is 4.79 Å². The predicted molar refractivity (Wildman–Crippen MR) is 88.3 cm³/mol. The van der Waals surface area contributed by atoms with Crippen LogP contribution in [0.1, 0.15) is 11.1 Å². The largest absolute Gasteiger partial charge is 0.439 e. The number of nitrogens with one attached hydrogen (secondary N) is 1. The number of fused-ring (bicyclic) bond motifs is 1. The quantitative estimate of drug-likeness (QED) is 0.631. The minimum atomic E-state index is -0.544. The van der Waals surface area contributed by atoms with Gasteiger partial charge in [0.1, 0.15) is 0 Å². The molecule has 0 aliphatic carbocycles. The Morgan fingerprint density at radius 1 is 1.13 bits per heavy atom. The summed E-state index contributed by atoms with van der Waals surface area (Å²) in [7, 11) is 0. The van der Waals surface area contributed by atoms with Crippen molar-refractivity contribution in [3.05, 3.63) is 76.4 Å². The first-order chi connectivity index (χ1) is 11.2. The summed E-state index contributed by atoms with van der Waals surface area (Å²) < 4.78 is 6.76. The second-order valence-electron chi connectivity index (χ2n) is 5.65. The number of nitrogens with zero attached hydrogens (tertiary/aromatic N) is 2. The van der Waals surface area contributed by atoms with Crippen LogP contribution in [0.5, 0.6) is 0 Å². The highest BCUT2D eigenvalue weighted by molar-refractivity contribution is 5.84. The summed E-state index contributed by atoms with van der Waals surface area (Å²) in [6.45, 7) is 2.91. The maximum absolute atomic E-state index is 11.1. The molecule has 0 saturated heterocycles. The lowest BCUT2D eigenvalue weighted by atomic mass is 10.1. The molecule has 0 radical (unpaired) electrons. The van der Waals surface area contributed by atoms with Crippen LogP contribution in [0, 0.1) is 6.92 Å². The fourth-order valence-electron chi connectivity index (χ4n) is 2.73. The van der Waals surface area contributed by atoms with Crippen molar-refractivity contribution < 1.29 is 4.52 Å². The van der Waals surface area contributed by atoms with Crippen molar-refractivity contribution in [2.75, 3.05) is 0 Å². The molecule has 0 spiro atoms. The minimum Gasteiger partial charge on any atom is -0.343 e. The third-order valence-electron chi connectivity index (χ3n) is 3.96. The monoisotopic (exact) mass is 305 g/mol. The molecule has 2 aromatic heterocycles. The molecule has 0 aliphatic heterocycles. The second-order valence-corrected chi connectivity index (χ2v) is 5.65. The Kier molecular flexibility index (Phi) is 3.12. The summed E-state index contributed by atoms with van der Waals surface area (Å²) in [6.07, 6.45) is 2.07. The zero-order chi connectivity index (χ0) is 15.8. The van der Waals surface area contributed by atoms with E-state index in [0.717, 1.165) is 23.0 Å². The molecule has 0 unspecified atom stereocenters. The third kappa shape index (κ3) is 2.57. The van der Waals surface area contributed by atoms with Crippen molar-refractivity contribution in [2.45, 2.75) is 13.5 Å². The van der Waals surface area contributed by atoms with Gasteiger partial charge in [0.15, 0.2) is 5.82 Å². The van der Waals surface area contributed by atoms with Gasteiger partial charge in [0.25, 0.3) is 0 Å². The number of aromatic amines is 1. The molecule has 4 rings (SSSR count). The highest BCUT2D eigenvalue weighted by Crippen LogP contribution is 2.23. The van der Waals surface area contributed by atoms with Crippen LogP contribution in [0.4, 0.5) is 0 Å². The first-order valence-electron chi connectivity index (χ1n) is 7.40. The van der Waals surface area contributed by atoms with Gasteiger partial charge in [-0.05, 0) is 36.8 Å². The maximum atomic E-state index is 11.1. The molecule has 4 aromatic rings. The van der Waals surface area contributed by atoms with E-state index >= 15 is 0 Å². The van der Waals surface area contributed by atoms with Gasteiger partial charge < -0.3 is 4.57 Å². The molecule has 0 atom stereocenters. The lowest BCUT2D eigenvalue weighted by Gasteiger charge is -2.06. The van der Waals surface area contributed by atoms with E-state index in [1.54, 1.807) is 0 Å². The SMILES string of the molecule is Cc1ccc(Cn2ccc3cc(-c4noc(=O)[nH]4)ccc32)cc1. The molecule has 23 heavy (non-hydrogen) atoms. The van der Waals surface area contributed by atoms with Crippen molar-refractivity contribution in [3.63, 3.8) is 0 Å². The molecular formula is C18H15N3O2. The summed E-state index contributed by atoms with van der Waals surface area (Å²) in [5.74, 6) is -0.0970. The van der Waals surface area contributed by atoms with E-state index in [-0.39, 0.29) is 0 Å². The van der Waals surface area contributed by atoms with Crippen molar-refractivity contribution >= 4 is 10.9 Å². The molecular weight excluding hydrogens is 290 g/mol. The fourth-order valence-corrected chi connectivity index (χ4v) is 2.73. The van der Waals surface area contributed by atoms with Crippen molar-refractivity contribution in [2.24, 2.45) is 0 Å². The smallest absolute Gasteiger partial charge is 0.343 e. The van der Waals surface area contributed by atoms with E-state index in [2.05, 4.69) is 62.7 Å². The van der Waals surface area contributed by atoms with Gasteiger partial charge in [0, 0.05) is 29.2 Å². The number of benzene rings is 2. The molecule has 2 heterocycles. The van der Waals surface area contributed by atoms with E-state index in [4.69, 9.17) is 0 Å². The molecule has 0 amide bonds. The number of H-pyrrole nitrogens is 1. The van der Waals surface area contributed by atoms with E-state index in [9.17, 15) is 4.79 Å². The third-order valence-corrected chi connectivity index (χ3v) is 3.96. The number of hydrogen-bond acceptors (Lipinski definition) is 3. The number of aryl methyl sites for hydroxylation is 1. The number of hydrogen-bond donors (Lipinski definition) is 1. The van der Waals surface area contributed by atoms with Gasteiger partial charge in [-0.1, -0.05) is 35.0 Å². The number of rotatable bonds is 3. The maximum Gasteiger partial charge on any atom is 0.439 e. The summed E-state index contributed by atoms with van der Waals surface area (Å²) in [5, 5.41) is 4.82. The molecule has 0 saturated carbocycles. The highest BCUT2D eigenvalue weighted by atomic mass is 16.5. The lowest BCUT2D eigenvalue weighted by Crippen LogP contribution is -1.98. The van der Waals surface area contributed by atoms with Crippen molar-refractivity contribution in [1.82, 2.24) is 14.7 Å². The van der Waals surface area contributed by atoms with E-state index in [1.165, 1.54) is 11.1 Å². The van der Waals surface area contributed by atoms with Crippen LogP contribution in [-0.2, 0) is 6.54 Å². The number of aromatic nitrogens is 3. The molecule has 0 aliphatic rings. The highest BCUT2D eigenvalue weighted by Gasteiger charge is 2.07. The Balaban J connectivity index is 1.70. The Bertz CT molecular complexity index is 1020. The van der Waals surface area contributed by atoms with Crippen molar-refractivity contribution in [1.29, 1.82) is 0 Å². The van der Waals surface area contributed by atoms with Gasteiger partial charge in [-0.3, -0.25) is 9.51 Å². The van der Waals surface area contributed by atoms with Crippen LogP contribution in [0.15, 0.2) is 64.0 Å². The fraction of sp³-hybridized carbons (Fsp3) is 0.111. The molecule has 5 heteroatoms. The summed E-state index contributed by atoms with van der Waals surface area (Å²) in [4.78, 5) is 13.6. The Morgan fingerprint density at radius 2 is 1.96 bits per heavy atom. The second kappa shape index (κ2) is 5.28. The van der Waals surface area contributed by atoms with Crippen LogP contribution in [0.25, 0.3) is 22.3 Å². The van der Waals surface area contributed by atoms with Gasteiger partial charge in [-0.2, -0.15) is 0 Å².